The molecule has 5 aromatic rings. The molecule has 5 aliphatic rings. The van der Waals surface area contributed by atoms with Crippen molar-refractivity contribution >= 4 is 59.3 Å². The van der Waals surface area contributed by atoms with Gasteiger partial charge in [0, 0.05) is 68.8 Å². The Hall–Kier alpha value is -6.32. The number of carbonyl (C=O) groups excluding carboxylic acids is 5. The van der Waals surface area contributed by atoms with Crippen LogP contribution in [0.4, 0.5) is 0 Å². The first-order valence-corrected chi connectivity index (χ1v) is 31.5. The van der Waals surface area contributed by atoms with Crippen LogP contribution in [0.15, 0.2) is 83.9 Å². The van der Waals surface area contributed by atoms with Gasteiger partial charge in [0.2, 0.25) is 17.7 Å². The second kappa shape index (κ2) is 24.3. The number of aryl methyl sites for hydroxylation is 2. The van der Waals surface area contributed by atoms with Gasteiger partial charge in [-0.15, -0.1) is 0 Å². The van der Waals surface area contributed by atoms with Crippen molar-refractivity contribution in [2.45, 2.75) is 147 Å². The Morgan fingerprint density at radius 3 is 2.40 bits per heavy atom. The van der Waals surface area contributed by atoms with Crippen molar-refractivity contribution in [3.63, 3.8) is 0 Å². The number of hydrogen-bond donors (Lipinski definition) is 4. The molecule has 444 valence electrons. The van der Waals surface area contributed by atoms with Crippen molar-refractivity contribution in [1.29, 1.82) is 0 Å². The first-order valence-electron chi connectivity index (χ1n) is 28.9. The Bertz CT molecular complexity index is 3380. The van der Waals surface area contributed by atoms with Crippen molar-refractivity contribution in [3.05, 3.63) is 101 Å². The maximum Gasteiger partial charge on any atom is 0.524 e. The van der Waals surface area contributed by atoms with E-state index in [1.807, 2.05) is 70.2 Å². The molecular formula is C61H77N8O12PS. The molecule has 6 bridgehead atoms. The monoisotopic (exact) mass is 1180 g/mol. The van der Waals surface area contributed by atoms with Crippen LogP contribution in [0, 0.1) is 24.2 Å². The number of nitrogens with zero attached hydrogens (tertiary/aromatic N) is 6. The Kier molecular flexibility index (Phi) is 17.5. The molecule has 2 unspecified atom stereocenters. The van der Waals surface area contributed by atoms with E-state index in [4.69, 9.17) is 19.0 Å². The summed E-state index contributed by atoms with van der Waals surface area (Å²) >= 11 is 0. The number of esters is 1. The van der Waals surface area contributed by atoms with Gasteiger partial charge in [-0.1, -0.05) is 56.5 Å². The van der Waals surface area contributed by atoms with Crippen LogP contribution in [0.2, 0.25) is 0 Å². The van der Waals surface area contributed by atoms with E-state index < -0.39 is 72.1 Å². The third kappa shape index (κ3) is 13.0. The zero-order valence-corrected chi connectivity index (χ0v) is 50.3. The molecule has 4 amide bonds. The quantitative estimate of drug-likeness (QED) is 0.0435. The molecule has 10 rings (SSSR count). The lowest BCUT2D eigenvalue weighted by molar-refractivity contribution is -0.155. The van der Waals surface area contributed by atoms with Gasteiger partial charge in [-0.3, -0.25) is 43.8 Å². The smallest absolute Gasteiger partial charge is 0.464 e. The summed E-state index contributed by atoms with van der Waals surface area (Å²) in [5.74, 6) is -2.83. The van der Waals surface area contributed by atoms with E-state index in [-0.39, 0.29) is 61.8 Å². The molecule has 4 fully saturated rings. The van der Waals surface area contributed by atoms with Crippen LogP contribution in [0.5, 0.6) is 5.75 Å². The number of nitrogens with one attached hydrogen (secondary N) is 2. The fourth-order valence-electron chi connectivity index (χ4n) is 12.6. The average Bonchev–Trinajstić information content (AvgIpc) is 2.26. The van der Waals surface area contributed by atoms with Crippen LogP contribution in [-0.4, -0.2) is 143 Å². The summed E-state index contributed by atoms with van der Waals surface area (Å²) in [6, 6.07) is 17.8. The number of benzene rings is 3. The number of fused-ring (bicyclic) bond motifs is 6. The topological polar surface area (TPSA) is 242 Å². The number of methoxy groups -OCH3 is 1. The van der Waals surface area contributed by atoms with Gasteiger partial charge in [-0.05, 0) is 148 Å². The number of rotatable bonds is 16. The Balaban J connectivity index is 1.00. The molecule has 20 nitrogen and oxygen atoms in total. The highest BCUT2D eigenvalue weighted by molar-refractivity contribution is 7.83. The molecule has 2 aromatic heterocycles. The molecule has 22 heteroatoms. The fourth-order valence-corrected chi connectivity index (χ4v) is 14.5. The van der Waals surface area contributed by atoms with Crippen LogP contribution in [0.3, 0.4) is 0 Å². The van der Waals surface area contributed by atoms with Crippen molar-refractivity contribution in [2.24, 2.45) is 17.3 Å². The van der Waals surface area contributed by atoms with Gasteiger partial charge in [0.15, 0.2) is 0 Å². The van der Waals surface area contributed by atoms with Gasteiger partial charge in [-0.2, -0.15) is 0 Å². The fraction of sp³-hybridized carbons (Fsp3) is 0.508. The van der Waals surface area contributed by atoms with E-state index in [1.165, 1.54) is 34.0 Å². The minimum atomic E-state index is -5.14. The maximum absolute atomic E-state index is 15.2. The Labute approximate surface area is 487 Å². The number of aromatic nitrogens is 2. The summed E-state index contributed by atoms with van der Waals surface area (Å²) < 4.78 is 47.7. The standard InChI is InChI=1S/C61H77N8O12PS/c1-9-67-50-25-22-41-32-46(50)47(55(67)45-16-12-26-62-52(45)37(3)79-8)33-61(4,5)35-80-60(74)48-17-13-27-68(64-48)58(72)49(30-38-28-42(41)31-43(29-38)81-82(75,76)77)63-57(71)54(39-14-10-11-15-39)66(7)51(70)34-65(6)59(73)56-53(40-20-21-40)69(56)83(78)44-23-18-36(2)19-24-44/h12,16,18-19,22-26,28-29,31-32,37,39-40,48-49,53-54,56,64H,9-11,13-15,17,20-21,27,30,33-35H2,1-8H3,(H,63,71)(H2,75,76,77)/t37-,48-,49-,53?,54-,56+,69?,83+/m0/s1. The molecule has 0 radical (unpaired) electrons. The summed E-state index contributed by atoms with van der Waals surface area (Å²) in [5.41, 5.74) is 9.45. The molecule has 0 spiro atoms. The Morgan fingerprint density at radius 2 is 1.71 bits per heavy atom. The molecule has 8 atom stereocenters. The first-order chi connectivity index (χ1) is 39.5. The van der Waals surface area contributed by atoms with Crippen LogP contribution < -0.4 is 15.3 Å². The highest BCUT2D eigenvalue weighted by atomic mass is 32.2. The molecule has 2 saturated carbocycles. The van der Waals surface area contributed by atoms with Gasteiger partial charge < -0.3 is 33.7 Å². The van der Waals surface area contributed by atoms with Gasteiger partial charge >= 0.3 is 13.8 Å². The minimum Gasteiger partial charge on any atom is -0.464 e. The molecule has 3 aliphatic heterocycles. The zero-order chi connectivity index (χ0) is 59.2. The van der Waals surface area contributed by atoms with Gasteiger partial charge in [-0.25, -0.2) is 18.5 Å². The lowest BCUT2D eigenvalue weighted by atomic mass is 9.84. The normalized spacial score (nSPS) is 23.2. The second-order valence-electron chi connectivity index (χ2n) is 24.0. The summed E-state index contributed by atoms with van der Waals surface area (Å²) in [5, 5.41) is 5.23. The summed E-state index contributed by atoms with van der Waals surface area (Å²) in [7, 11) is -2.01. The number of phosphoric ester groups is 1. The number of ether oxygens (including phenoxy) is 2. The highest BCUT2D eigenvalue weighted by Crippen LogP contribution is 2.50. The molecule has 5 heterocycles. The van der Waals surface area contributed by atoms with Gasteiger partial charge in [0.25, 0.3) is 5.91 Å². The van der Waals surface area contributed by atoms with Gasteiger partial charge in [0.1, 0.15) is 40.9 Å². The molecule has 2 saturated heterocycles. The predicted octanol–water partition coefficient (Wildman–Crippen LogP) is 7.19. The zero-order valence-electron chi connectivity index (χ0n) is 48.5. The van der Waals surface area contributed by atoms with E-state index >= 15 is 9.59 Å². The highest BCUT2D eigenvalue weighted by Gasteiger charge is 2.62. The van der Waals surface area contributed by atoms with E-state index in [0.717, 1.165) is 64.7 Å². The van der Waals surface area contributed by atoms with E-state index in [0.29, 0.717) is 60.2 Å². The van der Waals surface area contributed by atoms with E-state index in [9.17, 15) is 32.9 Å². The van der Waals surface area contributed by atoms with Crippen molar-refractivity contribution in [2.75, 3.05) is 40.9 Å². The lowest BCUT2D eigenvalue weighted by Crippen LogP contribution is -2.62. The van der Waals surface area contributed by atoms with Crippen LogP contribution in [0.1, 0.15) is 108 Å². The molecule has 4 N–H and O–H groups in total. The van der Waals surface area contributed by atoms with Crippen LogP contribution in [-0.2, 0) is 68.4 Å². The number of likely N-dealkylation sites (N-methyl/N-ethyl adjacent to an activating group) is 2. The maximum atomic E-state index is 15.2. The largest absolute Gasteiger partial charge is 0.524 e. The first kappa shape index (κ1) is 59.8. The number of hydrogen-bond acceptors (Lipinski definition) is 12. The number of amides is 4. The third-order valence-electron chi connectivity index (χ3n) is 17.1. The number of phosphoric acid groups is 1. The number of pyridine rings is 1. The van der Waals surface area contributed by atoms with E-state index in [1.54, 1.807) is 42.9 Å². The molecule has 83 heavy (non-hydrogen) atoms. The van der Waals surface area contributed by atoms with E-state index in [2.05, 4.69) is 22.2 Å². The number of carbonyl (C=O) groups is 5. The summed E-state index contributed by atoms with van der Waals surface area (Å²) in [6.07, 6.45) is 7.12. The minimum absolute atomic E-state index is 0.0295. The SMILES string of the molecule is CCn1c(-c2cccnc2[C@H](C)OC)c2c3cc(ccc31)-c1cc(cc(OP(=O)(O)O)c1)C[C@H](NC(=O)[C@H](C1CCCC1)N(C)C(=O)CN(C)C(=O)[C@H]1C(C3CC3)N1[S@](=O)c1ccc(C)cc1)C(=O)N1CCC[C@H](N1)C(=O)OCC(C)(C)C2. The van der Waals surface area contributed by atoms with Crippen LogP contribution in [0.25, 0.3) is 33.3 Å². The van der Waals surface area contributed by atoms with Crippen molar-refractivity contribution in [1.82, 2.24) is 39.4 Å². The average molecular weight is 1180 g/mol. The number of hydrazine groups is 1. The van der Waals surface area contributed by atoms with Crippen molar-refractivity contribution < 1.29 is 56.5 Å². The number of cyclic esters (lactones) is 1. The molecule has 3 aromatic carbocycles. The molecule has 2 aliphatic carbocycles. The molecular weight excluding hydrogens is 1100 g/mol. The third-order valence-corrected chi connectivity index (χ3v) is 19.1. The summed E-state index contributed by atoms with van der Waals surface area (Å²) in [6.45, 7) is 10.4. The second-order valence-corrected chi connectivity index (χ2v) is 26.5. The van der Waals surface area contributed by atoms with Crippen LogP contribution >= 0.6 is 7.82 Å². The Morgan fingerprint density at radius 1 is 0.976 bits per heavy atom. The lowest BCUT2D eigenvalue weighted by Gasteiger charge is -2.37. The predicted molar refractivity (Wildman–Crippen MR) is 312 cm³/mol. The van der Waals surface area contributed by atoms with Gasteiger partial charge in [0.05, 0.1) is 41.6 Å². The summed E-state index contributed by atoms with van der Waals surface area (Å²) in [4.78, 5) is 102. The van der Waals surface area contributed by atoms with Crippen molar-refractivity contribution in [3.8, 4) is 28.1 Å².